The number of ether oxygens (including phenoxy) is 3. The summed E-state index contributed by atoms with van der Waals surface area (Å²) in [6.07, 6.45) is 116. The molecule has 0 bridgehead atoms. The van der Waals surface area contributed by atoms with Gasteiger partial charge in [0.2, 0.25) is 0 Å². The first-order valence-electron chi connectivity index (χ1n) is 61.3. The summed E-state index contributed by atoms with van der Waals surface area (Å²) in [6.45, 7) is 26.3. The summed E-state index contributed by atoms with van der Waals surface area (Å²) in [6, 6.07) is 0. The molecule has 0 aromatic rings. The van der Waals surface area contributed by atoms with Crippen molar-refractivity contribution in [3.63, 3.8) is 0 Å². The number of aliphatic hydroxyl groups is 4. The summed E-state index contributed by atoms with van der Waals surface area (Å²) >= 11 is 0. The van der Waals surface area contributed by atoms with Gasteiger partial charge < -0.3 is 39.5 Å². The van der Waals surface area contributed by atoms with Crippen molar-refractivity contribution in [2.75, 3.05) is 20.3 Å². The van der Waals surface area contributed by atoms with Gasteiger partial charge in [0, 0.05) is 7.11 Å². The predicted molar refractivity (Wildman–Crippen MR) is 606 cm³/mol. The Kier molecular flexibility index (Phi) is 90.6. The van der Waals surface area contributed by atoms with Crippen LogP contribution in [0, 0.1) is 29.6 Å². The van der Waals surface area contributed by atoms with Gasteiger partial charge in [0.05, 0.1) is 24.7 Å². The van der Waals surface area contributed by atoms with Gasteiger partial charge in [-0.3, -0.25) is 13.8 Å². The van der Waals surface area contributed by atoms with Crippen LogP contribution in [0.3, 0.4) is 0 Å². The Balaban J connectivity index is 1.66. The van der Waals surface area contributed by atoms with E-state index in [-0.39, 0.29) is 6.61 Å². The molecule has 2 aliphatic rings. The van der Waals surface area contributed by atoms with Crippen molar-refractivity contribution in [1.29, 1.82) is 0 Å². The number of hydrogen-bond donors (Lipinski definition) is 5. The van der Waals surface area contributed by atoms with E-state index in [1.165, 1.54) is 444 Å². The Labute approximate surface area is 869 Å². The fourth-order valence-electron chi connectivity index (χ4n) is 21.6. The molecule has 13 atom stereocenters. The minimum Gasteiger partial charge on any atom is -0.463 e. The maximum absolute atomic E-state index is 14.1. The highest BCUT2D eigenvalue weighted by Gasteiger charge is 2.48. The molecule has 140 heavy (non-hydrogen) atoms. The van der Waals surface area contributed by atoms with Crippen molar-refractivity contribution in [3.05, 3.63) is 81.5 Å². The highest BCUT2D eigenvalue weighted by molar-refractivity contribution is 7.47. The zero-order valence-electron chi connectivity index (χ0n) is 95.0. The van der Waals surface area contributed by atoms with Crippen LogP contribution >= 0.6 is 7.82 Å². The number of aliphatic hydroxyl groups excluding tert-OH is 4. The van der Waals surface area contributed by atoms with Crippen LogP contribution in [0.25, 0.3) is 0 Å². The van der Waals surface area contributed by atoms with E-state index in [4.69, 9.17) is 23.3 Å². The zero-order chi connectivity index (χ0) is 102. The van der Waals surface area contributed by atoms with Crippen LogP contribution < -0.4 is 0 Å². The van der Waals surface area contributed by atoms with Gasteiger partial charge >= 0.3 is 13.8 Å². The summed E-state index contributed by atoms with van der Waals surface area (Å²) in [5, 5.41) is 44.7. The third-order valence-corrected chi connectivity index (χ3v) is 32.7. The molecule has 12 nitrogen and oxygen atoms in total. The van der Waals surface area contributed by atoms with Gasteiger partial charge in [-0.2, -0.15) is 0 Å². The Hall–Kier alpha value is -2.48. The molecule has 0 radical (unpaired) electrons. The molecule has 0 amide bonds. The summed E-state index contributed by atoms with van der Waals surface area (Å²) in [7, 11) is -2.92. The number of hydrogen-bond acceptors (Lipinski definition) is 11. The molecule has 2 fully saturated rings. The lowest BCUT2D eigenvalue weighted by Gasteiger charge is -2.40. The third kappa shape index (κ3) is 80.5. The molecule has 1 aliphatic heterocycles. The number of phosphoric ester groups is 1. The molecule has 1 saturated heterocycles. The summed E-state index contributed by atoms with van der Waals surface area (Å²) < 4.78 is 41.5. The Morgan fingerprint density at radius 2 is 0.643 bits per heavy atom. The molecule has 13 heteroatoms. The zero-order valence-corrected chi connectivity index (χ0v) is 95.9. The Morgan fingerprint density at radius 3 is 0.971 bits per heavy atom. The number of allylic oxidation sites excluding steroid dienone is 13. The van der Waals surface area contributed by atoms with Gasteiger partial charge in [0.1, 0.15) is 31.0 Å². The van der Waals surface area contributed by atoms with Crippen LogP contribution in [0.2, 0.25) is 0 Å². The first-order valence-corrected chi connectivity index (χ1v) is 62.8. The first kappa shape index (κ1) is 134. The normalized spacial score (nSPS) is 19.0. The molecule has 822 valence electrons. The van der Waals surface area contributed by atoms with Crippen molar-refractivity contribution in [2.45, 2.75) is 672 Å². The monoisotopic (exact) mass is 1990 g/mol. The van der Waals surface area contributed by atoms with E-state index < -0.39 is 63.1 Å². The van der Waals surface area contributed by atoms with Crippen LogP contribution in [0.1, 0.15) is 629 Å². The number of carbonyl (C=O) groups excluding carboxylic acids is 1. The lowest BCUT2D eigenvalue weighted by molar-refractivity contribution is -0.282. The van der Waals surface area contributed by atoms with Crippen molar-refractivity contribution in [3.8, 4) is 0 Å². The molecule has 1 heterocycles. The van der Waals surface area contributed by atoms with E-state index in [0.717, 1.165) is 145 Å². The standard InChI is InChI=1S/C127H237O12P/c1-14-16-18-20-22-24-26-28-30-32-33-34-35-36-37-38-39-41-47-53-59-65-71-77-101-118(126(132)136-107-122-123(129)124(130)125(131)127(138-122)139-140(133,134)137-105-104-114(10)97-85-96-113(9)95-84-94-112(8)93-83-92-111(7)91-82-90-110(6)89-81-88-109(5)87-80-86-108(3)4)120(128)102-78-72-66-60-54-48-43-46-52-58-64-70-76-100-117-106-119(117)115(11)98-74-68-62-56-50-45-42-49-55-61-67-73-79-103-121(135-13)116(12)99-75-69-63-57-51-44-40-31-29-27-25-23-21-19-17-15-2/h86,88,90,92,94,96,104,115-125,127-131H,14-85,87,89,91,93,95,97-103,105-107H2,1-13H3,(H,133,134)/b109-88+,110-90+,111-92+,112-94+,113-96+,114-104+/t115?,116?,117?,118?,119?,120-,121?,122-,123-,124+,125+,127-/m1/s1. The fraction of sp³-hybridized carbons (Fsp3) is 0.882. The molecule has 0 spiro atoms. The minimum absolute atomic E-state index is 0.246. The van der Waals surface area contributed by atoms with Crippen molar-refractivity contribution in [1.82, 2.24) is 0 Å². The molecule has 2 rings (SSSR count). The lowest BCUT2D eigenvalue weighted by Crippen LogP contribution is -2.59. The smallest absolute Gasteiger partial charge is 0.463 e. The van der Waals surface area contributed by atoms with Gasteiger partial charge in [-0.25, -0.2) is 4.57 Å². The second-order valence-corrected chi connectivity index (χ2v) is 47.2. The highest BCUT2D eigenvalue weighted by Crippen LogP contribution is 2.50. The van der Waals surface area contributed by atoms with Crippen LogP contribution in [-0.2, 0) is 32.6 Å². The topological polar surface area (TPSA) is 181 Å². The molecular weight excluding hydrogens is 1750 g/mol. The summed E-state index contributed by atoms with van der Waals surface area (Å²) in [4.78, 5) is 24.9. The predicted octanol–water partition coefficient (Wildman–Crippen LogP) is 39.8. The van der Waals surface area contributed by atoms with Crippen LogP contribution in [0.15, 0.2) is 81.5 Å². The van der Waals surface area contributed by atoms with Gasteiger partial charge in [-0.1, -0.05) is 546 Å². The van der Waals surface area contributed by atoms with E-state index in [0.29, 0.717) is 24.9 Å². The maximum atomic E-state index is 14.1. The molecule has 0 aromatic heterocycles. The van der Waals surface area contributed by atoms with Gasteiger partial charge in [0.25, 0.3) is 0 Å². The van der Waals surface area contributed by atoms with Gasteiger partial charge in [0.15, 0.2) is 6.29 Å². The van der Waals surface area contributed by atoms with E-state index in [1.807, 2.05) is 14.0 Å². The van der Waals surface area contributed by atoms with Crippen LogP contribution in [0.5, 0.6) is 0 Å². The number of rotatable bonds is 104. The maximum Gasteiger partial charge on any atom is 0.474 e. The van der Waals surface area contributed by atoms with Crippen molar-refractivity contribution < 1.29 is 57.9 Å². The van der Waals surface area contributed by atoms with Crippen LogP contribution in [-0.4, -0.2) is 94.5 Å². The molecule has 5 N–H and O–H groups in total. The minimum atomic E-state index is -4.87. The van der Waals surface area contributed by atoms with E-state index >= 15 is 0 Å². The average Bonchev–Trinajstić information content (AvgIpc) is 1.70. The molecule has 0 aromatic carbocycles. The van der Waals surface area contributed by atoms with Gasteiger partial charge in [-0.15, -0.1) is 0 Å². The average molecular weight is 1990 g/mol. The Morgan fingerprint density at radius 1 is 0.357 bits per heavy atom. The summed E-state index contributed by atoms with van der Waals surface area (Å²) in [5.74, 6) is 2.21. The lowest BCUT2D eigenvalue weighted by atomic mass is 9.91. The van der Waals surface area contributed by atoms with Gasteiger partial charge in [-0.05, 0) is 188 Å². The number of carbonyl (C=O) groups is 1. The Bertz CT molecular complexity index is 3070. The van der Waals surface area contributed by atoms with Crippen molar-refractivity contribution >= 4 is 13.8 Å². The first-order chi connectivity index (χ1) is 68.0. The molecule has 1 saturated carbocycles. The molecular formula is C127H237O12P. The van der Waals surface area contributed by atoms with Crippen LogP contribution in [0.4, 0.5) is 0 Å². The largest absolute Gasteiger partial charge is 0.474 e. The second kappa shape index (κ2) is 94.9. The highest BCUT2D eigenvalue weighted by atomic mass is 31.2. The third-order valence-electron chi connectivity index (χ3n) is 31.7. The van der Waals surface area contributed by atoms with E-state index in [1.54, 1.807) is 6.08 Å². The summed E-state index contributed by atoms with van der Waals surface area (Å²) in [5.41, 5.74) is 9.52. The second-order valence-electron chi connectivity index (χ2n) is 45.8. The number of methoxy groups -OCH3 is 1. The number of phosphoric acid groups is 1. The van der Waals surface area contributed by atoms with E-state index in [9.17, 15) is 34.7 Å². The number of unbranched alkanes of at least 4 members (excludes halogenated alkanes) is 62. The SMILES string of the molecule is CCCCCCCCCCCCCCCCCCCCCCCCCCC(C(=O)OC[C@H]1O[C@H](OP(=O)(O)OC/C=C(\C)CC/C=C(\C)CC/C=C(\C)CC/C=C(\C)CC/C=C(\C)CC/C=C(\C)CCC=C(C)C)[C@@H](O)[C@@H](O)[C@@H]1O)[C@H](O)CCCCCCCCCCCCCCCC1CC1C(C)CCCCCCCCCCCCCCCC(OC)C(C)CCCCCCCCCCCCCCCCCC. The molecule has 7 unspecified atom stereocenters. The quantitative estimate of drug-likeness (QED) is 0.0169. The fourth-order valence-corrected chi connectivity index (χ4v) is 22.3. The molecule has 1 aliphatic carbocycles. The van der Waals surface area contributed by atoms with Crippen molar-refractivity contribution in [2.24, 2.45) is 29.6 Å². The van der Waals surface area contributed by atoms with E-state index in [2.05, 4.69) is 113 Å². The number of esters is 1.